The molecule has 0 spiro atoms. The van der Waals surface area contributed by atoms with Crippen molar-refractivity contribution in [3.8, 4) is 29.4 Å². The molecule has 7 nitrogen and oxygen atoms in total. The molecule has 5 rings (SSSR count). The molecule has 3 aromatic carbocycles. The van der Waals surface area contributed by atoms with Gasteiger partial charge < -0.3 is 24.3 Å². The normalized spacial score (nSPS) is 16.9. The molecule has 2 atom stereocenters. The van der Waals surface area contributed by atoms with Gasteiger partial charge in [0.1, 0.15) is 11.5 Å². The van der Waals surface area contributed by atoms with Crippen LogP contribution < -0.4 is 19.5 Å². The number of piperidine rings is 1. The van der Waals surface area contributed by atoms with Gasteiger partial charge in [0.25, 0.3) is 0 Å². The molecule has 0 amide bonds. The number of ether oxygens (including phenoxy) is 4. The monoisotopic (exact) mass is 509 g/mol. The summed E-state index contributed by atoms with van der Waals surface area (Å²) in [4.78, 5) is 8.84. The summed E-state index contributed by atoms with van der Waals surface area (Å²) >= 11 is 0. The first-order valence-electron chi connectivity index (χ1n) is 12.7. The van der Waals surface area contributed by atoms with E-state index < -0.39 is 0 Å². The number of nitrogens with one attached hydrogen (secondary N) is 1. The lowest BCUT2D eigenvalue weighted by Crippen LogP contribution is -2.41. The Balaban J connectivity index is 1.25. The molecular formula is C31H31N3O4. The molecule has 0 saturated carbocycles. The van der Waals surface area contributed by atoms with Gasteiger partial charge in [0.2, 0.25) is 0 Å². The van der Waals surface area contributed by atoms with E-state index in [4.69, 9.17) is 18.9 Å². The van der Waals surface area contributed by atoms with Gasteiger partial charge in [-0.1, -0.05) is 54.3 Å². The second-order valence-corrected chi connectivity index (χ2v) is 9.02. The maximum Gasteiger partial charge on any atom is 0.317 e. The molecule has 1 fully saturated rings. The molecule has 1 aliphatic rings. The Bertz CT molecular complexity index is 1410. The first-order chi connectivity index (χ1) is 18.8. The Labute approximate surface area is 223 Å². The Hall–Kier alpha value is -4.12. The van der Waals surface area contributed by atoms with Crippen molar-refractivity contribution in [3.63, 3.8) is 0 Å². The van der Waals surface area contributed by atoms with E-state index in [0.29, 0.717) is 12.6 Å². The largest absolute Gasteiger partial charge is 0.496 e. The van der Waals surface area contributed by atoms with Gasteiger partial charge in [-0.2, -0.15) is 0 Å². The zero-order valence-electron chi connectivity index (χ0n) is 21.6. The SMILES string of the molecule is COc1cc(COC2CNCCC2c2cnc(OCC#Cc3ccccc3)nc2)c(OC)c2ccccc12. The lowest BCUT2D eigenvalue weighted by atomic mass is 9.89. The van der Waals surface area contributed by atoms with Crippen LogP contribution in [0.4, 0.5) is 0 Å². The fraction of sp³-hybridized carbons (Fsp3) is 0.290. The molecule has 1 aromatic heterocycles. The number of aromatic nitrogens is 2. The number of fused-ring (bicyclic) bond motifs is 1. The molecule has 2 heterocycles. The van der Waals surface area contributed by atoms with Crippen LogP contribution in [0.25, 0.3) is 10.8 Å². The van der Waals surface area contributed by atoms with E-state index in [1.54, 1.807) is 14.2 Å². The minimum atomic E-state index is -0.0435. The van der Waals surface area contributed by atoms with Crippen LogP contribution >= 0.6 is 0 Å². The van der Waals surface area contributed by atoms with E-state index in [2.05, 4.69) is 27.1 Å². The van der Waals surface area contributed by atoms with Crippen LogP contribution in [-0.2, 0) is 11.3 Å². The fourth-order valence-corrected chi connectivity index (χ4v) is 4.82. The second-order valence-electron chi connectivity index (χ2n) is 9.02. The minimum absolute atomic E-state index is 0.0435. The molecule has 1 saturated heterocycles. The zero-order valence-corrected chi connectivity index (χ0v) is 21.6. The Kier molecular flexibility index (Phi) is 8.34. The summed E-state index contributed by atoms with van der Waals surface area (Å²) in [6, 6.07) is 20.2. The third kappa shape index (κ3) is 5.88. The topological polar surface area (TPSA) is 74.7 Å². The van der Waals surface area contributed by atoms with Crippen LogP contribution in [-0.4, -0.2) is 50.0 Å². The summed E-state index contributed by atoms with van der Waals surface area (Å²) < 4.78 is 23.5. The first kappa shape index (κ1) is 25.5. The number of nitrogens with zero attached hydrogens (tertiary/aromatic N) is 2. The van der Waals surface area contributed by atoms with Gasteiger partial charge >= 0.3 is 6.01 Å². The van der Waals surface area contributed by atoms with Gasteiger partial charge in [0.15, 0.2) is 6.61 Å². The number of benzene rings is 3. The molecule has 0 aliphatic carbocycles. The third-order valence-corrected chi connectivity index (χ3v) is 6.69. The Morgan fingerprint density at radius 3 is 2.47 bits per heavy atom. The van der Waals surface area contributed by atoms with Crippen LogP contribution in [0.5, 0.6) is 17.5 Å². The summed E-state index contributed by atoms with van der Waals surface area (Å²) in [5.41, 5.74) is 2.93. The third-order valence-electron chi connectivity index (χ3n) is 6.69. The van der Waals surface area contributed by atoms with Gasteiger partial charge in [0, 0.05) is 46.8 Å². The fourth-order valence-electron chi connectivity index (χ4n) is 4.82. The molecule has 7 heteroatoms. The van der Waals surface area contributed by atoms with Crippen LogP contribution in [0.1, 0.15) is 29.0 Å². The van der Waals surface area contributed by atoms with Gasteiger partial charge in [-0.3, -0.25) is 0 Å². The lowest BCUT2D eigenvalue weighted by Gasteiger charge is -2.32. The van der Waals surface area contributed by atoms with Crippen molar-refractivity contribution in [2.75, 3.05) is 33.9 Å². The summed E-state index contributed by atoms with van der Waals surface area (Å²) in [6.45, 7) is 2.27. The molecule has 38 heavy (non-hydrogen) atoms. The smallest absolute Gasteiger partial charge is 0.317 e. The van der Waals surface area contributed by atoms with Crippen LogP contribution in [0.15, 0.2) is 73.1 Å². The quantitative estimate of drug-likeness (QED) is 0.344. The number of rotatable bonds is 8. The van der Waals surface area contributed by atoms with E-state index >= 15 is 0 Å². The van der Waals surface area contributed by atoms with E-state index in [0.717, 1.165) is 58.5 Å². The van der Waals surface area contributed by atoms with Gasteiger partial charge in [-0.25, -0.2) is 9.97 Å². The molecule has 1 N–H and O–H groups in total. The summed E-state index contributed by atoms with van der Waals surface area (Å²) in [6.07, 6.45) is 4.55. The maximum absolute atomic E-state index is 6.48. The van der Waals surface area contributed by atoms with Crippen molar-refractivity contribution >= 4 is 10.8 Å². The Morgan fingerprint density at radius 2 is 1.71 bits per heavy atom. The minimum Gasteiger partial charge on any atom is -0.496 e. The maximum atomic E-state index is 6.48. The van der Waals surface area contributed by atoms with E-state index in [9.17, 15) is 0 Å². The van der Waals surface area contributed by atoms with Crippen LogP contribution in [0.2, 0.25) is 0 Å². The van der Waals surface area contributed by atoms with E-state index in [1.807, 2.05) is 73.1 Å². The van der Waals surface area contributed by atoms with Crippen molar-refractivity contribution < 1.29 is 18.9 Å². The molecule has 4 aromatic rings. The summed E-state index contributed by atoms with van der Waals surface area (Å²) in [7, 11) is 3.38. The zero-order chi connectivity index (χ0) is 26.2. The van der Waals surface area contributed by atoms with E-state index in [1.165, 1.54) is 0 Å². The molecule has 2 unspecified atom stereocenters. The number of methoxy groups -OCH3 is 2. The van der Waals surface area contributed by atoms with Crippen LogP contribution in [0.3, 0.4) is 0 Å². The average molecular weight is 510 g/mol. The van der Waals surface area contributed by atoms with Crippen LogP contribution in [0, 0.1) is 11.8 Å². The Morgan fingerprint density at radius 1 is 0.947 bits per heavy atom. The molecule has 1 aliphatic heterocycles. The predicted octanol–water partition coefficient (Wildman–Crippen LogP) is 4.74. The van der Waals surface area contributed by atoms with Gasteiger partial charge in [-0.15, -0.1) is 0 Å². The predicted molar refractivity (Wildman–Crippen MR) is 147 cm³/mol. The van der Waals surface area contributed by atoms with Crippen molar-refractivity contribution in [3.05, 3.63) is 89.7 Å². The standard InChI is InChI=1S/C31H31N3O4/c1-35-28-17-23(30(36-2)27-13-7-6-12-26(27)28)21-38-29-20-32-15-14-25(29)24-18-33-31(34-19-24)37-16-8-11-22-9-4-3-5-10-22/h3-7,9-10,12-13,17-19,25,29,32H,14-16,20-21H2,1-2H3. The summed E-state index contributed by atoms with van der Waals surface area (Å²) in [5, 5.41) is 5.46. The highest BCUT2D eigenvalue weighted by atomic mass is 16.5. The highest BCUT2D eigenvalue weighted by molar-refractivity contribution is 5.94. The molecular weight excluding hydrogens is 478 g/mol. The van der Waals surface area contributed by atoms with Gasteiger partial charge in [-0.05, 0) is 36.7 Å². The summed E-state index contributed by atoms with van der Waals surface area (Å²) in [5.74, 6) is 7.83. The second kappa shape index (κ2) is 12.4. The van der Waals surface area contributed by atoms with Gasteiger partial charge in [0.05, 0.1) is 26.9 Å². The van der Waals surface area contributed by atoms with Crippen molar-refractivity contribution in [2.45, 2.75) is 25.0 Å². The first-order valence-corrected chi connectivity index (χ1v) is 12.7. The van der Waals surface area contributed by atoms with Crippen molar-refractivity contribution in [1.82, 2.24) is 15.3 Å². The average Bonchev–Trinajstić information content (AvgIpc) is 2.98. The number of hydrogen-bond acceptors (Lipinski definition) is 7. The molecule has 0 radical (unpaired) electrons. The lowest BCUT2D eigenvalue weighted by molar-refractivity contribution is 0.00966. The number of hydrogen-bond donors (Lipinski definition) is 1. The van der Waals surface area contributed by atoms with E-state index in [-0.39, 0.29) is 18.6 Å². The highest BCUT2D eigenvalue weighted by Gasteiger charge is 2.28. The molecule has 194 valence electrons. The van der Waals surface area contributed by atoms with Crippen molar-refractivity contribution in [1.29, 1.82) is 0 Å². The molecule has 0 bridgehead atoms. The van der Waals surface area contributed by atoms with Crippen molar-refractivity contribution in [2.24, 2.45) is 0 Å². The highest BCUT2D eigenvalue weighted by Crippen LogP contribution is 2.37.